The van der Waals surface area contributed by atoms with E-state index in [1.54, 1.807) is 12.1 Å². The third-order valence-electron chi connectivity index (χ3n) is 3.71. The molecule has 1 fully saturated rings. The molecule has 4 heteroatoms. The Morgan fingerprint density at radius 3 is 2.53 bits per heavy atom. The van der Waals surface area contributed by atoms with Crippen LogP contribution >= 0.6 is 15.9 Å². The highest BCUT2D eigenvalue weighted by Gasteiger charge is 2.26. The van der Waals surface area contributed by atoms with Gasteiger partial charge in [-0.05, 0) is 59.2 Å². The van der Waals surface area contributed by atoms with Crippen LogP contribution in [0.1, 0.15) is 43.5 Å². The molecular formula is C15H19BrFNO. The Morgan fingerprint density at radius 2 is 1.89 bits per heavy atom. The Morgan fingerprint density at radius 1 is 1.26 bits per heavy atom. The SMILES string of the molecule is CC1CC(C)CC(NC(=O)c2cccc(Br)c2F)C1. The molecular weight excluding hydrogens is 309 g/mol. The number of carbonyl (C=O) groups excluding carboxylic acids is 1. The Bertz CT molecular complexity index is 467. The van der Waals surface area contributed by atoms with Gasteiger partial charge < -0.3 is 5.32 Å². The smallest absolute Gasteiger partial charge is 0.254 e. The Hall–Kier alpha value is -0.900. The van der Waals surface area contributed by atoms with Gasteiger partial charge in [0.05, 0.1) is 10.0 Å². The van der Waals surface area contributed by atoms with Gasteiger partial charge in [0.1, 0.15) is 5.82 Å². The number of rotatable bonds is 2. The summed E-state index contributed by atoms with van der Waals surface area (Å²) in [6, 6.07) is 4.94. The van der Waals surface area contributed by atoms with Gasteiger partial charge in [0.15, 0.2) is 0 Å². The zero-order valence-electron chi connectivity index (χ0n) is 11.2. The van der Waals surface area contributed by atoms with Crippen molar-refractivity contribution in [3.8, 4) is 0 Å². The molecule has 19 heavy (non-hydrogen) atoms. The molecule has 2 unspecified atom stereocenters. The zero-order chi connectivity index (χ0) is 14.0. The Labute approximate surface area is 121 Å². The molecule has 0 radical (unpaired) electrons. The third kappa shape index (κ3) is 3.56. The number of nitrogens with one attached hydrogen (secondary N) is 1. The molecule has 104 valence electrons. The number of benzene rings is 1. The maximum atomic E-state index is 13.9. The van der Waals surface area contributed by atoms with E-state index in [4.69, 9.17) is 0 Å². The van der Waals surface area contributed by atoms with Gasteiger partial charge in [0, 0.05) is 6.04 Å². The van der Waals surface area contributed by atoms with Gasteiger partial charge in [-0.1, -0.05) is 19.9 Å². The van der Waals surface area contributed by atoms with E-state index in [9.17, 15) is 9.18 Å². The molecule has 0 bridgehead atoms. The van der Waals surface area contributed by atoms with E-state index in [1.807, 2.05) is 0 Å². The molecule has 0 spiro atoms. The van der Waals surface area contributed by atoms with Gasteiger partial charge in [-0.2, -0.15) is 0 Å². The fourth-order valence-electron chi connectivity index (χ4n) is 3.01. The monoisotopic (exact) mass is 327 g/mol. The molecule has 1 aliphatic rings. The van der Waals surface area contributed by atoms with Crippen LogP contribution in [0.4, 0.5) is 4.39 Å². The first-order valence-corrected chi connectivity index (χ1v) is 7.51. The standard InChI is InChI=1S/C15H19BrFNO/c1-9-6-10(2)8-11(7-9)18-15(19)12-4-3-5-13(16)14(12)17/h3-5,9-11H,6-8H2,1-2H3,(H,18,19). The van der Waals surface area contributed by atoms with Gasteiger partial charge in [0.2, 0.25) is 0 Å². The van der Waals surface area contributed by atoms with Crippen LogP contribution < -0.4 is 5.32 Å². The van der Waals surface area contributed by atoms with Crippen molar-refractivity contribution in [1.82, 2.24) is 5.32 Å². The molecule has 1 amide bonds. The molecule has 2 atom stereocenters. The van der Waals surface area contributed by atoms with E-state index in [0.29, 0.717) is 16.3 Å². The summed E-state index contributed by atoms with van der Waals surface area (Å²) in [5.41, 5.74) is 0.111. The lowest BCUT2D eigenvalue weighted by Gasteiger charge is -2.32. The molecule has 2 rings (SSSR count). The highest BCUT2D eigenvalue weighted by Crippen LogP contribution is 2.29. The van der Waals surface area contributed by atoms with Crippen molar-refractivity contribution in [3.05, 3.63) is 34.1 Å². The van der Waals surface area contributed by atoms with E-state index >= 15 is 0 Å². The Kier molecular flexibility index (Phi) is 4.61. The zero-order valence-corrected chi connectivity index (χ0v) is 12.8. The van der Waals surface area contributed by atoms with Crippen molar-refractivity contribution in [2.45, 2.75) is 39.2 Å². The summed E-state index contributed by atoms with van der Waals surface area (Å²) in [5, 5.41) is 2.96. The first kappa shape index (κ1) is 14.5. The second kappa shape index (κ2) is 6.04. The molecule has 0 aromatic heterocycles. The first-order valence-electron chi connectivity index (χ1n) is 6.72. The number of carbonyl (C=O) groups is 1. The molecule has 1 aromatic rings. The van der Waals surface area contributed by atoms with E-state index < -0.39 is 5.82 Å². The predicted molar refractivity (Wildman–Crippen MR) is 77.5 cm³/mol. The fraction of sp³-hybridized carbons (Fsp3) is 0.533. The summed E-state index contributed by atoms with van der Waals surface area (Å²) in [6.07, 6.45) is 3.16. The van der Waals surface area contributed by atoms with Gasteiger partial charge in [-0.3, -0.25) is 4.79 Å². The van der Waals surface area contributed by atoms with Crippen molar-refractivity contribution in [3.63, 3.8) is 0 Å². The van der Waals surface area contributed by atoms with Gasteiger partial charge >= 0.3 is 0 Å². The van der Waals surface area contributed by atoms with E-state index in [2.05, 4.69) is 35.1 Å². The lowest BCUT2D eigenvalue weighted by Crippen LogP contribution is -2.40. The maximum absolute atomic E-state index is 13.9. The lowest BCUT2D eigenvalue weighted by atomic mass is 9.80. The molecule has 2 nitrogen and oxygen atoms in total. The molecule has 0 saturated heterocycles. The topological polar surface area (TPSA) is 29.1 Å². The molecule has 0 aliphatic heterocycles. The number of hydrogen-bond donors (Lipinski definition) is 1. The van der Waals surface area contributed by atoms with Crippen LogP contribution in [0.5, 0.6) is 0 Å². The first-order chi connectivity index (χ1) is 8.97. The van der Waals surface area contributed by atoms with Gasteiger partial charge in [0.25, 0.3) is 5.91 Å². The molecule has 1 saturated carbocycles. The van der Waals surface area contributed by atoms with Gasteiger partial charge in [-0.15, -0.1) is 0 Å². The molecule has 1 aromatic carbocycles. The Balaban J connectivity index is 2.06. The summed E-state index contributed by atoms with van der Waals surface area (Å²) in [4.78, 5) is 12.1. The number of amides is 1. The van der Waals surface area contributed by atoms with E-state index in [1.165, 1.54) is 12.5 Å². The van der Waals surface area contributed by atoms with Crippen LogP contribution in [-0.4, -0.2) is 11.9 Å². The summed E-state index contributed by atoms with van der Waals surface area (Å²) < 4.78 is 14.2. The van der Waals surface area contributed by atoms with Crippen LogP contribution in [0.15, 0.2) is 22.7 Å². The van der Waals surface area contributed by atoms with Crippen molar-refractivity contribution < 1.29 is 9.18 Å². The predicted octanol–water partition coefficient (Wildman–Crippen LogP) is 4.14. The van der Waals surface area contributed by atoms with Crippen LogP contribution in [0.2, 0.25) is 0 Å². The normalized spacial score (nSPS) is 27.1. The van der Waals surface area contributed by atoms with E-state index in [0.717, 1.165) is 12.8 Å². The summed E-state index contributed by atoms with van der Waals surface area (Å²) in [5.74, 6) is 0.421. The molecule has 0 heterocycles. The minimum absolute atomic E-state index is 0.111. The minimum atomic E-state index is -0.489. The van der Waals surface area contributed by atoms with Crippen LogP contribution in [0, 0.1) is 17.7 Å². The largest absolute Gasteiger partial charge is 0.349 e. The summed E-state index contributed by atoms with van der Waals surface area (Å²) in [6.45, 7) is 4.41. The lowest BCUT2D eigenvalue weighted by molar-refractivity contribution is 0.0907. The molecule has 1 N–H and O–H groups in total. The second-order valence-corrected chi connectivity index (χ2v) is 6.54. The minimum Gasteiger partial charge on any atom is -0.349 e. The number of hydrogen-bond acceptors (Lipinski definition) is 1. The summed E-state index contributed by atoms with van der Waals surface area (Å²) >= 11 is 3.10. The fourth-order valence-corrected chi connectivity index (χ4v) is 3.37. The van der Waals surface area contributed by atoms with Crippen LogP contribution in [0.25, 0.3) is 0 Å². The highest BCUT2D eigenvalue weighted by molar-refractivity contribution is 9.10. The highest BCUT2D eigenvalue weighted by atomic mass is 79.9. The summed E-state index contributed by atoms with van der Waals surface area (Å²) in [7, 11) is 0. The number of halogens is 2. The average molecular weight is 328 g/mol. The van der Waals surface area contributed by atoms with Crippen molar-refractivity contribution in [2.75, 3.05) is 0 Å². The van der Waals surface area contributed by atoms with Crippen molar-refractivity contribution in [2.24, 2.45) is 11.8 Å². The average Bonchev–Trinajstić information content (AvgIpc) is 2.31. The van der Waals surface area contributed by atoms with Crippen molar-refractivity contribution >= 4 is 21.8 Å². The van der Waals surface area contributed by atoms with E-state index in [-0.39, 0.29) is 17.5 Å². The van der Waals surface area contributed by atoms with Crippen LogP contribution in [0.3, 0.4) is 0 Å². The quantitative estimate of drug-likeness (QED) is 0.868. The maximum Gasteiger partial charge on any atom is 0.254 e. The van der Waals surface area contributed by atoms with Crippen molar-refractivity contribution in [1.29, 1.82) is 0 Å². The third-order valence-corrected chi connectivity index (χ3v) is 4.32. The second-order valence-electron chi connectivity index (χ2n) is 5.69. The van der Waals surface area contributed by atoms with Gasteiger partial charge in [-0.25, -0.2) is 4.39 Å². The molecule has 1 aliphatic carbocycles. The van der Waals surface area contributed by atoms with Crippen LogP contribution in [-0.2, 0) is 0 Å².